The average molecular weight is 374 g/mol. The van der Waals surface area contributed by atoms with Crippen molar-refractivity contribution in [2.45, 2.75) is 64.0 Å². The van der Waals surface area contributed by atoms with E-state index < -0.39 is 24.0 Å². The Hall–Kier alpha value is -0.963. The zero-order valence-electron chi connectivity index (χ0n) is 15.0. The van der Waals surface area contributed by atoms with Gasteiger partial charge in [-0.15, -0.1) is 0 Å². The summed E-state index contributed by atoms with van der Waals surface area (Å²) in [6.07, 6.45) is 4.50. The van der Waals surface area contributed by atoms with Crippen LogP contribution in [0, 0.1) is 0 Å². The molecule has 0 bridgehead atoms. The molecule has 0 radical (unpaired) electrons. The monoisotopic (exact) mass is 373 g/mol. The molecule has 1 fully saturated rings. The fourth-order valence-corrected chi connectivity index (χ4v) is 4.05. The predicted octanol–water partition coefficient (Wildman–Crippen LogP) is 3.40. The average Bonchev–Trinajstić information content (AvgIpc) is 3.12. The van der Waals surface area contributed by atoms with E-state index >= 15 is 0 Å². The van der Waals surface area contributed by atoms with Crippen LogP contribution >= 0.6 is 0 Å². The largest absolute Gasteiger partial charge is 0.484 e. The highest BCUT2D eigenvalue weighted by Gasteiger charge is 2.49. The molecule has 0 spiro atoms. The van der Waals surface area contributed by atoms with E-state index in [1.54, 1.807) is 12.4 Å². The van der Waals surface area contributed by atoms with Gasteiger partial charge in [0, 0.05) is 6.20 Å². The standard InChI is InChI=1S/C16H27NO5SSi/c1-15(2,3)24(4,5)21-11-13-8-14(10-17-9-13)22-16(6-7-16)12-23(18,19)20/h8-10H,6-7,11-12H2,1-5H3,(H,18,19,20). The predicted molar refractivity (Wildman–Crippen MR) is 95.2 cm³/mol. The van der Waals surface area contributed by atoms with Crippen molar-refractivity contribution < 1.29 is 22.1 Å². The third-order valence-electron chi connectivity index (χ3n) is 4.76. The van der Waals surface area contributed by atoms with Crippen molar-refractivity contribution in [2.24, 2.45) is 0 Å². The Morgan fingerprint density at radius 2 is 1.92 bits per heavy atom. The van der Waals surface area contributed by atoms with Crippen molar-refractivity contribution in [1.82, 2.24) is 4.98 Å². The van der Waals surface area contributed by atoms with Crippen molar-refractivity contribution in [3.05, 3.63) is 24.0 Å². The van der Waals surface area contributed by atoms with Crippen LogP contribution in [0.15, 0.2) is 18.5 Å². The van der Waals surface area contributed by atoms with E-state index in [4.69, 9.17) is 13.7 Å². The molecule has 8 heteroatoms. The minimum atomic E-state index is -4.06. The summed E-state index contributed by atoms with van der Waals surface area (Å²) in [4.78, 5) is 4.15. The van der Waals surface area contributed by atoms with E-state index in [9.17, 15) is 8.42 Å². The van der Waals surface area contributed by atoms with Crippen molar-refractivity contribution in [1.29, 1.82) is 0 Å². The van der Waals surface area contributed by atoms with Gasteiger partial charge in [0.15, 0.2) is 8.32 Å². The summed E-state index contributed by atoms with van der Waals surface area (Å²) < 4.78 is 43.2. The highest BCUT2D eigenvalue weighted by atomic mass is 32.2. The second-order valence-electron chi connectivity index (χ2n) is 8.09. The summed E-state index contributed by atoms with van der Waals surface area (Å²) in [7, 11) is -5.91. The van der Waals surface area contributed by atoms with Crippen molar-refractivity contribution in [3.8, 4) is 5.75 Å². The summed E-state index contributed by atoms with van der Waals surface area (Å²) in [5.74, 6) is 0.123. The highest BCUT2D eigenvalue weighted by molar-refractivity contribution is 7.85. The third-order valence-corrected chi connectivity index (χ3v) is 10.1. The first-order chi connectivity index (χ1) is 10.8. The van der Waals surface area contributed by atoms with Crippen LogP contribution in [0.25, 0.3) is 0 Å². The molecule has 1 aromatic heterocycles. The molecule has 1 heterocycles. The molecule has 1 aliphatic carbocycles. The van der Waals surface area contributed by atoms with Gasteiger partial charge >= 0.3 is 0 Å². The maximum absolute atomic E-state index is 11.1. The Kier molecular flexibility index (Phi) is 5.16. The molecule has 136 valence electrons. The van der Waals surface area contributed by atoms with E-state index in [1.165, 1.54) is 0 Å². The summed E-state index contributed by atoms with van der Waals surface area (Å²) in [5, 5.41) is 0.127. The molecule has 0 saturated heterocycles. The normalized spacial score (nSPS) is 17.6. The Balaban J connectivity index is 2.02. The number of nitrogens with zero attached hydrogens (tertiary/aromatic N) is 1. The molecule has 1 aromatic rings. The van der Waals surface area contributed by atoms with Crippen LogP contribution in [0.2, 0.25) is 18.1 Å². The Labute approximate surface area is 145 Å². The van der Waals surface area contributed by atoms with Crippen LogP contribution in [0.5, 0.6) is 5.75 Å². The second-order valence-corrected chi connectivity index (χ2v) is 14.4. The molecule has 6 nitrogen and oxygen atoms in total. The second kappa shape index (κ2) is 6.40. The number of rotatable bonds is 7. The molecule has 1 N–H and O–H groups in total. The van der Waals surface area contributed by atoms with Gasteiger partial charge in [-0.05, 0) is 42.6 Å². The van der Waals surface area contributed by atoms with Crippen molar-refractivity contribution >= 4 is 18.4 Å². The lowest BCUT2D eigenvalue weighted by Crippen LogP contribution is -2.40. The molecule has 1 saturated carbocycles. The number of ether oxygens (including phenoxy) is 1. The molecular weight excluding hydrogens is 346 g/mol. The number of hydrogen-bond acceptors (Lipinski definition) is 5. The number of pyridine rings is 1. The molecule has 24 heavy (non-hydrogen) atoms. The zero-order chi connectivity index (χ0) is 18.2. The quantitative estimate of drug-likeness (QED) is 0.582. The van der Waals surface area contributed by atoms with E-state index in [2.05, 4.69) is 38.8 Å². The van der Waals surface area contributed by atoms with Gasteiger partial charge < -0.3 is 9.16 Å². The Morgan fingerprint density at radius 3 is 2.42 bits per heavy atom. The first-order valence-corrected chi connectivity index (χ1v) is 12.6. The van der Waals surface area contributed by atoms with E-state index in [0.29, 0.717) is 25.2 Å². The van der Waals surface area contributed by atoms with Gasteiger partial charge in [0.05, 0.1) is 12.8 Å². The number of hydrogen-bond donors (Lipinski definition) is 1. The molecule has 0 aliphatic heterocycles. The van der Waals surface area contributed by atoms with Crippen LogP contribution in [0.1, 0.15) is 39.2 Å². The SMILES string of the molecule is CC(C)(C)[Si](C)(C)OCc1cncc(OC2(CS(=O)(=O)O)CC2)c1. The third kappa shape index (κ3) is 5.27. The van der Waals surface area contributed by atoms with Gasteiger partial charge in [0.2, 0.25) is 0 Å². The van der Waals surface area contributed by atoms with Gasteiger partial charge in [-0.25, -0.2) is 0 Å². The minimum absolute atomic E-state index is 0.127. The van der Waals surface area contributed by atoms with Crippen LogP contribution in [-0.2, 0) is 21.2 Å². The summed E-state index contributed by atoms with van der Waals surface area (Å²) >= 11 is 0. The molecular formula is C16H27NO5SSi. The first kappa shape index (κ1) is 19.4. The fourth-order valence-electron chi connectivity index (χ4n) is 2.08. The molecule has 0 unspecified atom stereocenters. The Bertz CT molecular complexity index is 693. The van der Waals surface area contributed by atoms with Gasteiger partial charge in [0.25, 0.3) is 10.1 Å². The van der Waals surface area contributed by atoms with Crippen molar-refractivity contribution in [2.75, 3.05) is 5.75 Å². The Morgan fingerprint density at radius 1 is 1.29 bits per heavy atom. The van der Waals surface area contributed by atoms with E-state index in [-0.39, 0.29) is 10.8 Å². The number of aromatic nitrogens is 1. The van der Waals surface area contributed by atoms with Gasteiger partial charge in [-0.3, -0.25) is 9.54 Å². The summed E-state index contributed by atoms with van der Waals surface area (Å²) in [5.41, 5.74) is 0.0775. The van der Waals surface area contributed by atoms with Crippen molar-refractivity contribution in [3.63, 3.8) is 0 Å². The van der Waals surface area contributed by atoms with Crippen LogP contribution in [-0.4, -0.2) is 37.6 Å². The lowest BCUT2D eigenvalue weighted by molar-refractivity contribution is 0.198. The molecule has 1 aliphatic rings. The summed E-state index contributed by atoms with van der Waals surface area (Å²) in [6.45, 7) is 11.4. The van der Waals surface area contributed by atoms with Crippen LogP contribution in [0.3, 0.4) is 0 Å². The van der Waals surface area contributed by atoms with E-state index in [0.717, 1.165) is 5.56 Å². The van der Waals surface area contributed by atoms with Crippen LogP contribution in [0.4, 0.5) is 0 Å². The van der Waals surface area contributed by atoms with Gasteiger partial charge in [0.1, 0.15) is 17.1 Å². The maximum Gasteiger partial charge on any atom is 0.268 e. The first-order valence-electron chi connectivity index (χ1n) is 8.04. The smallest absolute Gasteiger partial charge is 0.268 e. The fraction of sp³-hybridized carbons (Fsp3) is 0.688. The van der Waals surface area contributed by atoms with Crippen LogP contribution < -0.4 is 4.74 Å². The molecule has 0 aromatic carbocycles. The minimum Gasteiger partial charge on any atom is -0.484 e. The zero-order valence-corrected chi connectivity index (χ0v) is 16.8. The lowest BCUT2D eigenvalue weighted by Gasteiger charge is -2.36. The molecule has 0 atom stereocenters. The van der Waals surface area contributed by atoms with Gasteiger partial charge in [-0.2, -0.15) is 8.42 Å². The summed E-state index contributed by atoms with van der Waals surface area (Å²) in [6, 6.07) is 1.82. The molecule has 0 amide bonds. The topological polar surface area (TPSA) is 85.7 Å². The highest BCUT2D eigenvalue weighted by Crippen LogP contribution is 2.41. The van der Waals surface area contributed by atoms with Gasteiger partial charge in [-0.1, -0.05) is 20.8 Å². The molecule has 2 rings (SSSR count). The van der Waals surface area contributed by atoms with E-state index in [1.807, 2.05) is 6.07 Å². The lowest BCUT2D eigenvalue weighted by atomic mass is 10.2. The maximum atomic E-state index is 11.1.